The second kappa shape index (κ2) is 8.61. The standard InChI is InChI=1S/C23H19N3O6/c1-14-19(22(27)25(23(28)20(14)12-24)13-18-3-2-10-31-18)11-17-8-9-21(32-17)15-4-6-16(7-5-15)26(29)30/h4-9,11,18H,2-3,10,13H2,1H3/b19-11-. The zero-order valence-electron chi connectivity index (χ0n) is 17.2. The molecule has 1 aromatic carbocycles. The Morgan fingerprint density at radius 2 is 1.97 bits per heavy atom. The Hall–Kier alpha value is -4.03. The van der Waals surface area contributed by atoms with Crippen LogP contribution in [0.1, 0.15) is 25.5 Å². The number of benzene rings is 1. The van der Waals surface area contributed by atoms with Crippen molar-refractivity contribution in [3.8, 4) is 17.4 Å². The molecule has 0 aliphatic carbocycles. The Kier molecular flexibility index (Phi) is 5.71. The molecular formula is C23H19N3O6. The van der Waals surface area contributed by atoms with Crippen molar-refractivity contribution in [1.82, 2.24) is 4.90 Å². The lowest BCUT2D eigenvalue weighted by atomic mass is 9.94. The van der Waals surface area contributed by atoms with Gasteiger partial charge in [-0.05, 0) is 55.7 Å². The predicted octanol–water partition coefficient (Wildman–Crippen LogP) is 3.63. The van der Waals surface area contributed by atoms with E-state index in [0.717, 1.165) is 17.7 Å². The maximum absolute atomic E-state index is 13.1. The predicted molar refractivity (Wildman–Crippen MR) is 113 cm³/mol. The van der Waals surface area contributed by atoms with E-state index >= 15 is 0 Å². The van der Waals surface area contributed by atoms with Gasteiger partial charge in [-0.25, -0.2) is 0 Å². The zero-order chi connectivity index (χ0) is 22.8. The smallest absolute Gasteiger partial charge is 0.271 e. The third-order valence-electron chi connectivity index (χ3n) is 5.51. The van der Waals surface area contributed by atoms with Crippen LogP contribution >= 0.6 is 0 Å². The lowest BCUT2D eigenvalue weighted by molar-refractivity contribution is -0.384. The fourth-order valence-electron chi connectivity index (χ4n) is 3.76. The molecule has 2 amide bonds. The molecule has 3 heterocycles. The average molecular weight is 433 g/mol. The van der Waals surface area contributed by atoms with E-state index in [1.165, 1.54) is 18.2 Å². The monoisotopic (exact) mass is 433 g/mol. The van der Waals surface area contributed by atoms with E-state index in [1.54, 1.807) is 31.2 Å². The molecular weight excluding hydrogens is 414 g/mol. The number of nitrogens with zero attached hydrogens (tertiary/aromatic N) is 3. The van der Waals surface area contributed by atoms with E-state index in [1.807, 2.05) is 6.07 Å². The van der Waals surface area contributed by atoms with E-state index in [2.05, 4.69) is 0 Å². The molecule has 4 rings (SSSR count). The average Bonchev–Trinajstić information content (AvgIpc) is 3.47. The van der Waals surface area contributed by atoms with Crippen LogP contribution in [-0.4, -0.2) is 40.9 Å². The number of rotatable bonds is 5. The first-order chi connectivity index (χ1) is 15.4. The Balaban J connectivity index is 1.65. The second-order valence-electron chi connectivity index (χ2n) is 7.53. The molecule has 162 valence electrons. The molecule has 9 nitrogen and oxygen atoms in total. The van der Waals surface area contributed by atoms with Crippen molar-refractivity contribution in [2.75, 3.05) is 13.2 Å². The van der Waals surface area contributed by atoms with E-state index < -0.39 is 16.7 Å². The fourth-order valence-corrected chi connectivity index (χ4v) is 3.76. The van der Waals surface area contributed by atoms with Crippen molar-refractivity contribution in [3.05, 3.63) is 69.0 Å². The molecule has 1 aromatic heterocycles. The number of ether oxygens (including phenoxy) is 1. The van der Waals surface area contributed by atoms with E-state index in [4.69, 9.17) is 9.15 Å². The highest BCUT2D eigenvalue weighted by Gasteiger charge is 2.37. The molecule has 1 fully saturated rings. The number of nitriles is 1. The summed E-state index contributed by atoms with van der Waals surface area (Å²) < 4.78 is 11.4. The van der Waals surface area contributed by atoms with Gasteiger partial charge in [0.25, 0.3) is 17.5 Å². The molecule has 0 bridgehead atoms. The quantitative estimate of drug-likeness (QED) is 0.305. The lowest BCUT2D eigenvalue weighted by Gasteiger charge is -2.29. The highest BCUT2D eigenvalue weighted by Crippen LogP contribution is 2.30. The number of imide groups is 1. The molecule has 0 spiro atoms. The van der Waals surface area contributed by atoms with Crippen LogP contribution < -0.4 is 0 Å². The zero-order valence-corrected chi connectivity index (χ0v) is 17.2. The molecule has 1 unspecified atom stereocenters. The molecule has 1 saturated heterocycles. The summed E-state index contributed by atoms with van der Waals surface area (Å²) in [5, 5.41) is 20.3. The summed E-state index contributed by atoms with van der Waals surface area (Å²) in [4.78, 5) is 37.2. The van der Waals surface area contributed by atoms with Gasteiger partial charge in [0.15, 0.2) is 0 Å². The number of nitro benzene ring substituents is 1. The Morgan fingerprint density at radius 3 is 2.59 bits per heavy atom. The van der Waals surface area contributed by atoms with Crippen molar-refractivity contribution in [1.29, 1.82) is 5.26 Å². The van der Waals surface area contributed by atoms with Crippen LogP contribution in [0.5, 0.6) is 0 Å². The van der Waals surface area contributed by atoms with Crippen molar-refractivity contribution in [2.24, 2.45) is 0 Å². The van der Waals surface area contributed by atoms with Crippen molar-refractivity contribution in [3.63, 3.8) is 0 Å². The summed E-state index contributed by atoms with van der Waals surface area (Å²) in [6.07, 6.45) is 2.87. The first-order valence-electron chi connectivity index (χ1n) is 10.0. The molecule has 32 heavy (non-hydrogen) atoms. The Morgan fingerprint density at radius 1 is 1.22 bits per heavy atom. The van der Waals surface area contributed by atoms with Gasteiger partial charge in [-0.1, -0.05) is 0 Å². The van der Waals surface area contributed by atoms with Gasteiger partial charge < -0.3 is 9.15 Å². The summed E-state index contributed by atoms with van der Waals surface area (Å²) in [6, 6.07) is 11.1. The van der Waals surface area contributed by atoms with Crippen molar-refractivity contribution >= 4 is 23.6 Å². The number of hydrogen-bond donors (Lipinski definition) is 0. The maximum atomic E-state index is 13.1. The van der Waals surface area contributed by atoms with Gasteiger partial charge in [0.2, 0.25) is 0 Å². The Bertz CT molecular complexity index is 1190. The molecule has 2 aromatic rings. The van der Waals surface area contributed by atoms with E-state index in [-0.39, 0.29) is 29.5 Å². The van der Waals surface area contributed by atoms with Crippen LogP contribution in [0.2, 0.25) is 0 Å². The molecule has 2 aliphatic rings. The van der Waals surface area contributed by atoms with Crippen LogP contribution in [0, 0.1) is 21.4 Å². The highest BCUT2D eigenvalue weighted by molar-refractivity contribution is 6.19. The minimum Gasteiger partial charge on any atom is -0.457 e. The number of furan rings is 1. The minimum absolute atomic E-state index is 0.0313. The number of nitro groups is 1. The van der Waals surface area contributed by atoms with Crippen LogP contribution in [-0.2, 0) is 14.3 Å². The third kappa shape index (κ3) is 3.96. The SMILES string of the molecule is CC1=C(C#N)C(=O)N(CC2CCCO2)C(=O)/C1=C\c1ccc(-c2ccc([N+](=O)[O-])cc2)o1. The van der Waals surface area contributed by atoms with E-state index in [0.29, 0.717) is 29.3 Å². The van der Waals surface area contributed by atoms with Gasteiger partial charge >= 0.3 is 0 Å². The number of non-ortho nitro benzene ring substituents is 1. The Labute approximate surface area is 183 Å². The van der Waals surface area contributed by atoms with Crippen LogP contribution in [0.4, 0.5) is 5.69 Å². The summed E-state index contributed by atoms with van der Waals surface area (Å²) in [7, 11) is 0. The van der Waals surface area contributed by atoms with Gasteiger partial charge in [-0.3, -0.25) is 24.6 Å². The highest BCUT2D eigenvalue weighted by atomic mass is 16.6. The lowest BCUT2D eigenvalue weighted by Crippen LogP contribution is -2.46. The molecule has 0 radical (unpaired) electrons. The summed E-state index contributed by atoms with van der Waals surface area (Å²) >= 11 is 0. The first-order valence-corrected chi connectivity index (χ1v) is 10.0. The van der Waals surface area contributed by atoms with Gasteiger partial charge in [0.05, 0.1) is 17.6 Å². The van der Waals surface area contributed by atoms with Crippen LogP contribution in [0.3, 0.4) is 0 Å². The number of carbonyl (C=O) groups is 2. The number of amides is 2. The molecule has 1 atom stereocenters. The minimum atomic E-state index is -0.617. The number of hydrogen-bond acceptors (Lipinski definition) is 7. The van der Waals surface area contributed by atoms with Gasteiger partial charge in [0, 0.05) is 29.9 Å². The van der Waals surface area contributed by atoms with Crippen LogP contribution in [0.25, 0.3) is 17.4 Å². The van der Waals surface area contributed by atoms with Crippen LogP contribution in [0.15, 0.2) is 57.5 Å². The topological polar surface area (TPSA) is 127 Å². The molecule has 0 N–H and O–H groups in total. The fraction of sp³-hybridized carbons (Fsp3) is 0.261. The van der Waals surface area contributed by atoms with Gasteiger partial charge in [0.1, 0.15) is 23.2 Å². The molecule has 0 saturated carbocycles. The second-order valence-corrected chi connectivity index (χ2v) is 7.53. The first kappa shape index (κ1) is 21.2. The number of carbonyl (C=O) groups excluding carboxylic acids is 2. The molecule has 2 aliphatic heterocycles. The van der Waals surface area contributed by atoms with E-state index in [9.17, 15) is 25.0 Å². The summed E-state index contributed by atoms with van der Waals surface area (Å²) in [6.45, 7) is 2.24. The normalized spacial score (nSPS) is 20.2. The van der Waals surface area contributed by atoms with Crippen molar-refractivity contribution in [2.45, 2.75) is 25.9 Å². The summed E-state index contributed by atoms with van der Waals surface area (Å²) in [5.74, 6) is -0.307. The maximum Gasteiger partial charge on any atom is 0.271 e. The van der Waals surface area contributed by atoms with Gasteiger partial charge in [-0.15, -0.1) is 0 Å². The largest absolute Gasteiger partial charge is 0.457 e. The molecule has 9 heteroatoms. The summed E-state index contributed by atoms with van der Waals surface area (Å²) in [5.41, 5.74) is 1.01. The van der Waals surface area contributed by atoms with Gasteiger partial charge in [-0.2, -0.15) is 5.26 Å². The van der Waals surface area contributed by atoms with Crippen molar-refractivity contribution < 1.29 is 23.7 Å². The third-order valence-corrected chi connectivity index (χ3v) is 5.51.